The van der Waals surface area contributed by atoms with Crippen molar-refractivity contribution >= 4 is 29.3 Å². The molecule has 0 saturated carbocycles. The fraction of sp³-hybridized carbons (Fsp3) is 0.667. The van der Waals surface area contributed by atoms with Gasteiger partial charge in [-0.2, -0.15) is 23.5 Å². The summed E-state index contributed by atoms with van der Waals surface area (Å²) in [6.07, 6.45) is 2.06. The van der Waals surface area contributed by atoms with Crippen molar-refractivity contribution in [1.29, 1.82) is 0 Å². The third-order valence-electron chi connectivity index (χ3n) is 1.69. The molecule has 2 fully saturated rings. The zero-order chi connectivity index (χ0) is 8.81. The Kier molecular flexibility index (Phi) is 4.84. The van der Waals surface area contributed by atoms with E-state index in [1.54, 1.807) is 11.8 Å². The fourth-order valence-electron chi connectivity index (χ4n) is 0.949. The third kappa shape index (κ3) is 4.21. The van der Waals surface area contributed by atoms with Crippen LogP contribution in [0, 0.1) is 0 Å². The molecule has 0 unspecified atom stereocenters. The van der Waals surface area contributed by atoms with Crippen LogP contribution in [0.4, 0.5) is 0 Å². The van der Waals surface area contributed by atoms with Gasteiger partial charge in [0, 0.05) is 17.9 Å². The fourth-order valence-corrected chi connectivity index (χ4v) is 2.85. The number of carbonyl (C=O) groups excluding carboxylic acids is 1. The molecule has 0 bridgehead atoms. The summed E-state index contributed by atoms with van der Waals surface area (Å²) < 4.78 is 0. The number of ketones is 1. The van der Waals surface area contributed by atoms with Crippen LogP contribution in [-0.4, -0.2) is 28.8 Å². The lowest BCUT2D eigenvalue weighted by molar-refractivity contribution is -0.115. The van der Waals surface area contributed by atoms with Gasteiger partial charge in [-0.15, -0.1) is 0 Å². The molecule has 1 nitrogen and oxygen atoms in total. The quantitative estimate of drug-likeness (QED) is 0.561. The van der Waals surface area contributed by atoms with Crippen molar-refractivity contribution in [1.82, 2.24) is 0 Å². The van der Waals surface area contributed by atoms with E-state index in [2.05, 4.69) is 6.58 Å². The summed E-state index contributed by atoms with van der Waals surface area (Å²) in [7, 11) is 0. The Labute approximate surface area is 82.4 Å². The Morgan fingerprint density at radius 2 is 1.75 bits per heavy atom. The van der Waals surface area contributed by atoms with E-state index in [4.69, 9.17) is 0 Å². The van der Waals surface area contributed by atoms with E-state index < -0.39 is 0 Å². The van der Waals surface area contributed by atoms with Crippen molar-refractivity contribution in [3.8, 4) is 0 Å². The monoisotopic (exact) mass is 202 g/mol. The Bertz CT molecular complexity index is 141. The average Bonchev–Trinajstić information content (AvgIpc) is 2.63. The van der Waals surface area contributed by atoms with Crippen molar-refractivity contribution in [2.75, 3.05) is 23.0 Å². The van der Waals surface area contributed by atoms with E-state index in [-0.39, 0.29) is 0 Å². The second-order valence-electron chi connectivity index (χ2n) is 2.89. The predicted octanol–water partition coefficient (Wildman–Crippen LogP) is 2.37. The number of carbonyl (C=O) groups is 1. The molecule has 2 aliphatic rings. The van der Waals surface area contributed by atoms with Gasteiger partial charge in [0.2, 0.25) is 0 Å². The normalized spacial score (nSPS) is 22.3. The summed E-state index contributed by atoms with van der Waals surface area (Å²) in [6.45, 7) is 3.83. The third-order valence-corrected chi connectivity index (χ3v) is 3.82. The van der Waals surface area contributed by atoms with E-state index in [0.29, 0.717) is 5.78 Å². The van der Waals surface area contributed by atoms with Gasteiger partial charge in [0.15, 0.2) is 0 Å². The second-order valence-corrected chi connectivity index (χ2v) is 5.10. The zero-order valence-electron chi connectivity index (χ0n) is 7.17. The largest absolute Gasteiger partial charge is 0.299 e. The summed E-state index contributed by atoms with van der Waals surface area (Å²) in [5.41, 5.74) is 1.42. The second kappa shape index (κ2) is 5.70. The minimum absolute atomic E-state index is 0.417. The number of thioether (sulfide) groups is 2. The highest BCUT2D eigenvalue weighted by molar-refractivity contribution is 8.00. The molecule has 3 heteroatoms. The number of hydrogen-bond acceptors (Lipinski definition) is 3. The number of hydrogen-bond donors (Lipinski definition) is 0. The lowest BCUT2D eigenvalue weighted by Crippen LogP contribution is -1.89. The van der Waals surface area contributed by atoms with Crippen LogP contribution < -0.4 is 0 Å². The zero-order valence-corrected chi connectivity index (χ0v) is 8.81. The lowest BCUT2D eigenvalue weighted by Gasteiger charge is -1.78. The number of rotatable bonds is 0. The maximum atomic E-state index is 10.2. The van der Waals surface area contributed by atoms with Gasteiger partial charge >= 0.3 is 0 Å². The molecule has 0 atom stereocenters. The molecule has 12 heavy (non-hydrogen) atoms. The molecule has 2 saturated heterocycles. The summed E-state index contributed by atoms with van der Waals surface area (Å²) in [5, 5.41) is 0. The van der Waals surface area contributed by atoms with Crippen LogP contribution in [0.15, 0.2) is 12.2 Å². The van der Waals surface area contributed by atoms with Crippen LogP contribution in [0.25, 0.3) is 0 Å². The summed E-state index contributed by atoms with van der Waals surface area (Å²) in [5.74, 6) is 4.75. The van der Waals surface area contributed by atoms with Crippen LogP contribution >= 0.6 is 23.5 Å². The van der Waals surface area contributed by atoms with Crippen molar-refractivity contribution < 1.29 is 4.79 Å². The molecule has 2 rings (SSSR count). The molecular formula is C9H14OS2. The molecule has 0 aromatic rings. The first kappa shape index (κ1) is 10.2. The van der Waals surface area contributed by atoms with E-state index in [0.717, 1.165) is 17.9 Å². The first-order chi connectivity index (χ1) is 5.79. The highest BCUT2D eigenvalue weighted by Gasteiger charge is 2.07. The van der Waals surface area contributed by atoms with Gasteiger partial charge in [0.1, 0.15) is 5.78 Å². The van der Waals surface area contributed by atoms with Crippen molar-refractivity contribution in [3.05, 3.63) is 12.2 Å². The molecule has 0 aliphatic carbocycles. The molecule has 0 N–H and O–H groups in total. The highest BCUT2D eigenvalue weighted by Crippen LogP contribution is 2.19. The molecule has 0 aromatic heterocycles. The summed E-state index contributed by atoms with van der Waals surface area (Å²) in [4.78, 5) is 10.2. The first-order valence-electron chi connectivity index (χ1n) is 4.13. The van der Waals surface area contributed by atoms with Crippen molar-refractivity contribution in [2.24, 2.45) is 0 Å². The first-order valence-corrected chi connectivity index (χ1v) is 6.44. The minimum atomic E-state index is 0.417. The molecule has 0 spiro atoms. The lowest BCUT2D eigenvalue weighted by atomic mass is 10.3. The van der Waals surface area contributed by atoms with Crippen LogP contribution in [0.2, 0.25) is 0 Å². The Balaban J connectivity index is 0.000000120. The molecule has 0 radical (unpaired) electrons. The minimum Gasteiger partial charge on any atom is -0.299 e. The highest BCUT2D eigenvalue weighted by atomic mass is 32.2. The average molecular weight is 202 g/mol. The van der Waals surface area contributed by atoms with Crippen LogP contribution in [0.1, 0.15) is 12.8 Å². The summed E-state index contributed by atoms with van der Waals surface area (Å²) >= 11 is 3.72. The maximum Gasteiger partial charge on any atom is 0.143 e. The van der Waals surface area contributed by atoms with Gasteiger partial charge < -0.3 is 0 Å². The van der Waals surface area contributed by atoms with E-state index in [9.17, 15) is 4.79 Å². The molecule has 2 heterocycles. The van der Waals surface area contributed by atoms with Gasteiger partial charge in [-0.05, 0) is 12.2 Å². The smallest absolute Gasteiger partial charge is 0.143 e. The maximum absolute atomic E-state index is 10.2. The van der Waals surface area contributed by atoms with Crippen LogP contribution in [0.3, 0.4) is 0 Å². The Hall–Kier alpha value is 0.110. The van der Waals surface area contributed by atoms with Gasteiger partial charge in [0.05, 0.1) is 5.75 Å². The predicted molar refractivity (Wildman–Crippen MR) is 58.0 cm³/mol. The topological polar surface area (TPSA) is 17.1 Å². The number of Topliss-reactive ketones (excluding diaryl/α,β-unsaturated/α-hetero) is 1. The van der Waals surface area contributed by atoms with Gasteiger partial charge in [-0.25, -0.2) is 0 Å². The summed E-state index contributed by atoms with van der Waals surface area (Å²) in [6, 6.07) is 0. The van der Waals surface area contributed by atoms with Crippen LogP contribution in [-0.2, 0) is 4.79 Å². The van der Waals surface area contributed by atoms with E-state index in [1.165, 1.54) is 23.5 Å². The van der Waals surface area contributed by atoms with Gasteiger partial charge in [-0.3, -0.25) is 4.79 Å². The van der Waals surface area contributed by atoms with Crippen molar-refractivity contribution in [3.63, 3.8) is 0 Å². The Morgan fingerprint density at radius 1 is 1.08 bits per heavy atom. The SMILES string of the molecule is C=C1CCSC1.O=C1CCSC1. The van der Waals surface area contributed by atoms with E-state index in [1.807, 2.05) is 11.8 Å². The Morgan fingerprint density at radius 3 is 1.92 bits per heavy atom. The molecule has 68 valence electrons. The standard InChI is InChI=1S/C5H8S.C4H6OS/c1-5-2-3-6-4-5;5-4-1-2-6-3-4/h1-4H2;1-3H2. The van der Waals surface area contributed by atoms with Gasteiger partial charge in [-0.1, -0.05) is 12.2 Å². The van der Waals surface area contributed by atoms with Crippen LogP contribution in [0.5, 0.6) is 0 Å². The molecule has 0 amide bonds. The van der Waals surface area contributed by atoms with Gasteiger partial charge in [0.25, 0.3) is 0 Å². The molecular weight excluding hydrogens is 188 g/mol. The molecule has 0 aromatic carbocycles. The molecule has 2 aliphatic heterocycles. The van der Waals surface area contributed by atoms with Crippen molar-refractivity contribution in [2.45, 2.75) is 12.8 Å². The van der Waals surface area contributed by atoms with E-state index >= 15 is 0 Å².